The Morgan fingerprint density at radius 1 is 1.31 bits per heavy atom. The van der Waals surface area contributed by atoms with Gasteiger partial charge in [-0.3, -0.25) is 9.59 Å². The van der Waals surface area contributed by atoms with Crippen molar-refractivity contribution in [1.29, 1.82) is 0 Å². The third-order valence-corrected chi connectivity index (χ3v) is 6.72. The summed E-state index contributed by atoms with van der Waals surface area (Å²) in [6.45, 7) is 5.82. The highest BCUT2D eigenvalue weighted by Crippen LogP contribution is 2.71. The molecule has 26 heavy (non-hydrogen) atoms. The van der Waals surface area contributed by atoms with Crippen LogP contribution in [0.2, 0.25) is 0 Å². The van der Waals surface area contributed by atoms with Crippen molar-refractivity contribution in [1.82, 2.24) is 0 Å². The van der Waals surface area contributed by atoms with Gasteiger partial charge in [-0.25, -0.2) is 0 Å². The summed E-state index contributed by atoms with van der Waals surface area (Å²) in [5.41, 5.74) is -0.258. The number of ether oxygens (including phenoxy) is 4. The molecule has 0 aromatic rings. The predicted molar refractivity (Wildman–Crippen MR) is 88.4 cm³/mol. The fourth-order valence-corrected chi connectivity index (χ4v) is 5.59. The second kappa shape index (κ2) is 5.96. The van der Waals surface area contributed by atoms with Crippen molar-refractivity contribution >= 4 is 11.9 Å². The number of hydrogen-bond acceptors (Lipinski definition) is 7. The zero-order chi connectivity index (χ0) is 18.7. The largest absolute Gasteiger partial charge is 0.465 e. The highest BCUT2D eigenvalue weighted by Gasteiger charge is 2.73. The summed E-state index contributed by atoms with van der Waals surface area (Å²) in [7, 11) is 0. The van der Waals surface area contributed by atoms with Gasteiger partial charge in [0.25, 0.3) is 0 Å². The number of carbonyl (C=O) groups excluding carboxylic acids is 2. The zero-order valence-electron chi connectivity index (χ0n) is 15.4. The first kappa shape index (κ1) is 17.8. The molecule has 2 heterocycles. The van der Waals surface area contributed by atoms with E-state index in [0.717, 1.165) is 12.0 Å². The molecule has 0 bridgehead atoms. The molecule has 4 rings (SSSR count). The second-order valence-corrected chi connectivity index (χ2v) is 8.39. The molecule has 3 fully saturated rings. The van der Waals surface area contributed by atoms with E-state index in [4.69, 9.17) is 18.9 Å². The highest BCUT2D eigenvalue weighted by molar-refractivity contribution is 5.66. The first-order valence-corrected chi connectivity index (χ1v) is 9.21. The third-order valence-electron chi connectivity index (χ3n) is 6.72. The van der Waals surface area contributed by atoms with Crippen LogP contribution in [0.25, 0.3) is 0 Å². The molecule has 0 aromatic carbocycles. The molecule has 0 amide bonds. The maximum Gasteiger partial charge on any atom is 0.305 e. The Morgan fingerprint density at radius 2 is 2.08 bits per heavy atom. The van der Waals surface area contributed by atoms with Crippen molar-refractivity contribution in [3.63, 3.8) is 0 Å². The Balaban J connectivity index is 1.71. The monoisotopic (exact) mass is 366 g/mol. The van der Waals surface area contributed by atoms with E-state index in [-0.39, 0.29) is 29.1 Å². The molecule has 2 saturated carbocycles. The van der Waals surface area contributed by atoms with Crippen LogP contribution in [0.4, 0.5) is 0 Å². The third kappa shape index (κ3) is 2.63. The van der Waals surface area contributed by atoms with E-state index in [9.17, 15) is 14.7 Å². The standard InChI is InChI=1S/C19H26O7/c1-10(20)25-9-19-8-23-6-12-7-24-17(26-11(2)21)16-14(12)15(19)13(19)4-5-18(16,3)22/h7,13-17,22H,4-6,8-9H2,1-3H3/t13-,14-,15+,16+,17-,18+,19-/m1/s1. The van der Waals surface area contributed by atoms with Gasteiger partial charge >= 0.3 is 11.9 Å². The summed E-state index contributed by atoms with van der Waals surface area (Å²) in [4.78, 5) is 22.9. The molecule has 1 saturated heterocycles. The minimum absolute atomic E-state index is 0.0198. The van der Waals surface area contributed by atoms with Gasteiger partial charge in [0.15, 0.2) is 0 Å². The van der Waals surface area contributed by atoms with Crippen LogP contribution in [-0.2, 0) is 28.5 Å². The quantitative estimate of drug-likeness (QED) is 0.755. The van der Waals surface area contributed by atoms with Crippen molar-refractivity contribution in [2.75, 3.05) is 19.8 Å². The van der Waals surface area contributed by atoms with Gasteiger partial charge in [-0.15, -0.1) is 0 Å². The molecule has 2 aliphatic heterocycles. The fraction of sp³-hybridized carbons (Fsp3) is 0.789. The molecular weight excluding hydrogens is 340 g/mol. The minimum atomic E-state index is -1.02. The minimum Gasteiger partial charge on any atom is -0.465 e. The Morgan fingerprint density at radius 3 is 2.77 bits per heavy atom. The number of aliphatic hydroxyl groups is 1. The molecule has 0 spiro atoms. The molecule has 0 unspecified atom stereocenters. The number of fused-ring (bicyclic) bond motifs is 1. The topological polar surface area (TPSA) is 91.3 Å². The van der Waals surface area contributed by atoms with Crippen LogP contribution in [0.3, 0.4) is 0 Å². The lowest BCUT2D eigenvalue weighted by Gasteiger charge is -2.44. The summed E-state index contributed by atoms with van der Waals surface area (Å²) in [6.07, 6.45) is 2.20. The van der Waals surface area contributed by atoms with Crippen LogP contribution in [-0.4, -0.2) is 48.8 Å². The van der Waals surface area contributed by atoms with Crippen LogP contribution in [0.5, 0.6) is 0 Å². The van der Waals surface area contributed by atoms with E-state index in [0.29, 0.717) is 32.2 Å². The molecule has 7 heteroatoms. The van der Waals surface area contributed by atoms with E-state index >= 15 is 0 Å². The molecule has 0 radical (unpaired) electrons. The van der Waals surface area contributed by atoms with Gasteiger partial charge in [0, 0.05) is 25.2 Å². The van der Waals surface area contributed by atoms with Crippen molar-refractivity contribution in [3.8, 4) is 0 Å². The smallest absolute Gasteiger partial charge is 0.305 e. The van der Waals surface area contributed by atoms with Crippen molar-refractivity contribution in [3.05, 3.63) is 11.8 Å². The molecule has 1 N–H and O–H groups in total. The Bertz CT molecular complexity index is 654. The number of carbonyl (C=O) groups is 2. The Labute approximate surface area is 152 Å². The average molecular weight is 366 g/mol. The number of hydrogen-bond donors (Lipinski definition) is 1. The lowest BCUT2D eigenvalue weighted by Crippen LogP contribution is -2.51. The van der Waals surface area contributed by atoms with Crippen LogP contribution >= 0.6 is 0 Å². The van der Waals surface area contributed by atoms with Crippen LogP contribution in [0, 0.1) is 29.1 Å². The van der Waals surface area contributed by atoms with Gasteiger partial charge in [0.05, 0.1) is 37.6 Å². The highest BCUT2D eigenvalue weighted by atomic mass is 16.7. The lowest BCUT2D eigenvalue weighted by molar-refractivity contribution is -0.211. The van der Waals surface area contributed by atoms with E-state index in [1.807, 2.05) is 0 Å². The summed E-state index contributed by atoms with van der Waals surface area (Å²) in [6, 6.07) is 0. The lowest BCUT2D eigenvalue weighted by atomic mass is 9.70. The average Bonchev–Trinajstić information content (AvgIpc) is 3.22. The van der Waals surface area contributed by atoms with E-state index in [1.54, 1.807) is 13.2 Å². The van der Waals surface area contributed by atoms with Crippen LogP contribution in [0.1, 0.15) is 33.6 Å². The van der Waals surface area contributed by atoms with Crippen molar-refractivity contribution < 1.29 is 33.6 Å². The number of rotatable bonds is 3. The summed E-state index contributed by atoms with van der Waals surface area (Å²) in [5.74, 6) is -0.597. The molecule has 4 aliphatic rings. The number of esters is 2. The molecule has 0 aromatic heterocycles. The summed E-state index contributed by atoms with van der Waals surface area (Å²) in [5, 5.41) is 11.2. The zero-order valence-corrected chi connectivity index (χ0v) is 15.4. The summed E-state index contributed by atoms with van der Waals surface area (Å²) >= 11 is 0. The molecular formula is C19H26O7. The SMILES string of the molecule is CC(=O)OC[C@@]12COCC3=CO[C@H](OC(C)=O)[C@@H]4[C@H]3[C@@H]1[C@H]2CC[C@]4(C)O. The molecule has 7 nitrogen and oxygen atoms in total. The van der Waals surface area contributed by atoms with Crippen molar-refractivity contribution in [2.45, 2.75) is 45.5 Å². The molecule has 144 valence electrons. The normalized spacial score (nSPS) is 45.8. The first-order chi connectivity index (χ1) is 12.3. The fourth-order valence-electron chi connectivity index (χ4n) is 5.59. The first-order valence-electron chi connectivity index (χ1n) is 9.21. The van der Waals surface area contributed by atoms with Gasteiger partial charge in [-0.05, 0) is 37.2 Å². The van der Waals surface area contributed by atoms with E-state index < -0.39 is 17.9 Å². The Kier molecular flexibility index (Phi) is 4.08. The van der Waals surface area contributed by atoms with Gasteiger partial charge in [-0.2, -0.15) is 0 Å². The second-order valence-electron chi connectivity index (χ2n) is 8.39. The van der Waals surface area contributed by atoms with Crippen molar-refractivity contribution in [2.24, 2.45) is 29.1 Å². The Hall–Kier alpha value is -1.60. The van der Waals surface area contributed by atoms with Gasteiger partial charge in [-0.1, -0.05) is 0 Å². The van der Waals surface area contributed by atoms with Crippen LogP contribution < -0.4 is 0 Å². The predicted octanol–water partition coefficient (Wildman–Crippen LogP) is 1.39. The van der Waals surface area contributed by atoms with Crippen LogP contribution in [0.15, 0.2) is 11.8 Å². The molecule has 2 aliphatic carbocycles. The van der Waals surface area contributed by atoms with Gasteiger partial charge < -0.3 is 24.1 Å². The van der Waals surface area contributed by atoms with E-state index in [2.05, 4.69) is 0 Å². The summed E-state index contributed by atoms with van der Waals surface area (Å²) < 4.78 is 22.4. The van der Waals surface area contributed by atoms with Gasteiger partial charge in [0.2, 0.25) is 6.29 Å². The van der Waals surface area contributed by atoms with Gasteiger partial charge in [0.1, 0.15) is 0 Å². The maximum atomic E-state index is 11.6. The van der Waals surface area contributed by atoms with E-state index in [1.165, 1.54) is 13.8 Å². The maximum absolute atomic E-state index is 11.6. The molecule has 7 atom stereocenters.